The molecule has 1 atom stereocenters. The van der Waals surface area contributed by atoms with Gasteiger partial charge in [0.15, 0.2) is 0 Å². The minimum absolute atomic E-state index is 0.132. The van der Waals surface area contributed by atoms with E-state index in [1.165, 1.54) is 11.1 Å². The number of carbonyl (C=O) groups excluding carboxylic acids is 1. The number of benzene rings is 1. The first-order valence-electron chi connectivity index (χ1n) is 6.31. The molecule has 1 aromatic carbocycles. The van der Waals surface area contributed by atoms with Crippen LogP contribution in [0, 0.1) is 13.8 Å². The van der Waals surface area contributed by atoms with Crippen LogP contribution in [-0.4, -0.2) is 32.3 Å². The Bertz CT molecular complexity index is 445. The molecular formula is C14H20N2O2. The van der Waals surface area contributed by atoms with Gasteiger partial charge >= 0.3 is 6.09 Å². The average Bonchev–Trinajstić information content (AvgIpc) is 2.71. The van der Waals surface area contributed by atoms with Gasteiger partial charge in [-0.3, -0.25) is 4.90 Å². The second-order valence-corrected chi connectivity index (χ2v) is 4.76. The van der Waals surface area contributed by atoms with E-state index < -0.39 is 0 Å². The van der Waals surface area contributed by atoms with Crippen molar-refractivity contribution in [1.29, 1.82) is 0 Å². The Balaban J connectivity index is 2.22. The molecule has 4 heteroatoms. The lowest BCUT2D eigenvalue weighted by Gasteiger charge is -2.22. The molecular weight excluding hydrogens is 228 g/mol. The first-order valence-corrected chi connectivity index (χ1v) is 6.31. The number of hydrogen-bond acceptors (Lipinski definition) is 3. The third kappa shape index (κ3) is 2.48. The topological polar surface area (TPSA) is 41.6 Å². The Morgan fingerprint density at radius 2 is 2.17 bits per heavy atom. The number of hydrogen-bond donors (Lipinski definition) is 1. The molecule has 1 fully saturated rings. The van der Waals surface area contributed by atoms with Gasteiger partial charge in [-0.2, -0.15) is 0 Å². The molecule has 1 heterocycles. The Morgan fingerprint density at radius 3 is 2.83 bits per heavy atom. The largest absolute Gasteiger partial charge is 0.447 e. The number of rotatable bonds is 4. The summed E-state index contributed by atoms with van der Waals surface area (Å²) in [6.45, 7) is 5.48. The van der Waals surface area contributed by atoms with Crippen LogP contribution in [0.25, 0.3) is 0 Å². The fraction of sp³-hybridized carbons (Fsp3) is 0.500. The summed E-state index contributed by atoms with van der Waals surface area (Å²) in [6.07, 6.45) is 0.661. The Morgan fingerprint density at radius 1 is 1.39 bits per heavy atom. The fourth-order valence-electron chi connectivity index (χ4n) is 2.18. The van der Waals surface area contributed by atoms with Crippen LogP contribution >= 0.6 is 0 Å². The van der Waals surface area contributed by atoms with Crippen LogP contribution in [0.5, 0.6) is 0 Å². The van der Waals surface area contributed by atoms with Crippen LogP contribution in [0.15, 0.2) is 18.2 Å². The van der Waals surface area contributed by atoms with Gasteiger partial charge in [0.05, 0.1) is 6.04 Å². The van der Waals surface area contributed by atoms with Gasteiger partial charge in [-0.25, -0.2) is 4.79 Å². The molecule has 4 nitrogen and oxygen atoms in total. The summed E-state index contributed by atoms with van der Waals surface area (Å²) in [5, 5.41) is 3.11. The summed E-state index contributed by atoms with van der Waals surface area (Å²) in [5.74, 6) is 0. The second-order valence-electron chi connectivity index (χ2n) is 4.76. The van der Waals surface area contributed by atoms with Crippen molar-refractivity contribution in [2.45, 2.75) is 26.3 Å². The molecule has 0 aromatic heterocycles. The van der Waals surface area contributed by atoms with E-state index in [-0.39, 0.29) is 12.1 Å². The van der Waals surface area contributed by atoms with Gasteiger partial charge in [0, 0.05) is 5.69 Å². The number of nitrogens with one attached hydrogen (secondary N) is 1. The molecule has 1 aliphatic rings. The van der Waals surface area contributed by atoms with Gasteiger partial charge in [-0.15, -0.1) is 0 Å². The molecule has 0 saturated carbocycles. The molecule has 0 bridgehead atoms. The smallest absolute Gasteiger partial charge is 0.414 e. The quantitative estimate of drug-likeness (QED) is 0.888. The monoisotopic (exact) mass is 248 g/mol. The highest BCUT2D eigenvalue weighted by Crippen LogP contribution is 2.26. The summed E-state index contributed by atoms with van der Waals surface area (Å²) in [7, 11) is 1.91. The van der Waals surface area contributed by atoms with E-state index in [2.05, 4.69) is 19.2 Å². The van der Waals surface area contributed by atoms with Crippen molar-refractivity contribution in [1.82, 2.24) is 5.32 Å². The zero-order chi connectivity index (χ0) is 13.1. The maximum atomic E-state index is 11.8. The molecule has 98 valence electrons. The van der Waals surface area contributed by atoms with Crippen LogP contribution in [0.3, 0.4) is 0 Å². The van der Waals surface area contributed by atoms with Crippen LogP contribution in [0.4, 0.5) is 10.5 Å². The third-order valence-corrected chi connectivity index (χ3v) is 3.46. The predicted octanol–water partition coefficient (Wildman–Crippen LogP) is 2.24. The number of aryl methyl sites for hydroxylation is 2. The van der Waals surface area contributed by atoms with Crippen molar-refractivity contribution >= 4 is 11.8 Å². The number of cyclic esters (lactones) is 1. The van der Waals surface area contributed by atoms with Gasteiger partial charge in [-0.05, 0) is 57.1 Å². The second kappa shape index (κ2) is 5.40. The maximum absolute atomic E-state index is 11.8. The first-order chi connectivity index (χ1) is 8.63. The Kier molecular flexibility index (Phi) is 3.87. The van der Waals surface area contributed by atoms with Crippen LogP contribution in [0.2, 0.25) is 0 Å². The van der Waals surface area contributed by atoms with Gasteiger partial charge < -0.3 is 10.1 Å². The lowest BCUT2D eigenvalue weighted by molar-refractivity contribution is 0.178. The highest BCUT2D eigenvalue weighted by molar-refractivity contribution is 5.90. The molecule has 1 aromatic rings. The summed E-state index contributed by atoms with van der Waals surface area (Å²) >= 11 is 0. The van der Waals surface area contributed by atoms with Crippen molar-refractivity contribution in [2.75, 3.05) is 25.1 Å². The van der Waals surface area contributed by atoms with Crippen molar-refractivity contribution in [2.24, 2.45) is 0 Å². The summed E-state index contributed by atoms with van der Waals surface area (Å²) in [6, 6.07) is 6.22. The van der Waals surface area contributed by atoms with Crippen molar-refractivity contribution in [3.05, 3.63) is 29.3 Å². The molecule has 18 heavy (non-hydrogen) atoms. The number of anilines is 1. The first kappa shape index (κ1) is 12.9. The molecule has 1 aliphatic heterocycles. The van der Waals surface area contributed by atoms with Gasteiger partial charge in [0.25, 0.3) is 0 Å². The Hall–Kier alpha value is -1.55. The zero-order valence-electron chi connectivity index (χ0n) is 11.2. The fourth-order valence-corrected chi connectivity index (χ4v) is 2.18. The zero-order valence-corrected chi connectivity index (χ0v) is 11.2. The van der Waals surface area contributed by atoms with Gasteiger partial charge in [0.2, 0.25) is 0 Å². The highest BCUT2D eigenvalue weighted by atomic mass is 16.6. The van der Waals surface area contributed by atoms with E-state index in [1.807, 2.05) is 25.2 Å². The van der Waals surface area contributed by atoms with Crippen LogP contribution in [0.1, 0.15) is 17.5 Å². The normalized spacial score (nSPS) is 19.2. The van der Waals surface area contributed by atoms with E-state index >= 15 is 0 Å². The molecule has 1 saturated heterocycles. The van der Waals surface area contributed by atoms with E-state index in [9.17, 15) is 4.79 Å². The van der Waals surface area contributed by atoms with E-state index in [1.54, 1.807) is 4.90 Å². The van der Waals surface area contributed by atoms with Gasteiger partial charge in [0.1, 0.15) is 6.61 Å². The molecule has 0 aliphatic carbocycles. The van der Waals surface area contributed by atoms with Crippen LogP contribution in [-0.2, 0) is 4.74 Å². The van der Waals surface area contributed by atoms with Gasteiger partial charge in [-0.1, -0.05) is 6.07 Å². The summed E-state index contributed by atoms with van der Waals surface area (Å²) in [5.41, 5.74) is 3.36. The lowest BCUT2D eigenvalue weighted by atomic mass is 10.1. The Labute approximate surface area is 108 Å². The standard InChI is InChI=1S/C14H20N2O2/c1-10-4-5-12(8-11(10)2)16-13(6-7-15-3)9-18-14(16)17/h4-5,8,13,15H,6-7,9H2,1-3H3. The van der Waals surface area contributed by atoms with Crippen molar-refractivity contribution in [3.8, 4) is 0 Å². The average molecular weight is 248 g/mol. The van der Waals surface area contributed by atoms with E-state index in [0.717, 1.165) is 18.7 Å². The lowest BCUT2D eigenvalue weighted by Crippen LogP contribution is -2.35. The predicted molar refractivity (Wildman–Crippen MR) is 72.1 cm³/mol. The molecule has 1 unspecified atom stereocenters. The third-order valence-electron chi connectivity index (χ3n) is 3.46. The number of nitrogens with zero attached hydrogens (tertiary/aromatic N) is 1. The van der Waals surface area contributed by atoms with Crippen LogP contribution < -0.4 is 10.2 Å². The summed E-state index contributed by atoms with van der Waals surface area (Å²) in [4.78, 5) is 13.6. The molecule has 2 rings (SSSR count). The highest BCUT2D eigenvalue weighted by Gasteiger charge is 2.33. The maximum Gasteiger partial charge on any atom is 0.414 e. The number of carbonyl (C=O) groups is 1. The minimum atomic E-state index is -0.237. The molecule has 0 spiro atoms. The molecule has 0 radical (unpaired) electrons. The molecule has 1 amide bonds. The van der Waals surface area contributed by atoms with Crippen molar-refractivity contribution in [3.63, 3.8) is 0 Å². The number of ether oxygens (including phenoxy) is 1. The SMILES string of the molecule is CNCCC1COC(=O)N1c1ccc(C)c(C)c1. The summed E-state index contributed by atoms with van der Waals surface area (Å²) < 4.78 is 5.16. The minimum Gasteiger partial charge on any atom is -0.447 e. The van der Waals surface area contributed by atoms with E-state index in [0.29, 0.717) is 6.61 Å². The van der Waals surface area contributed by atoms with E-state index in [4.69, 9.17) is 4.74 Å². The van der Waals surface area contributed by atoms with Crippen molar-refractivity contribution < 1.29 is 9.53 Å². The molecule has 1 N–H and O–H groups in total. The number of amides is 1.